The lowest BCUT2D eigenvalue weighted by Crippen LogP contribution is -2.43. The number of phosphoric acid groups is 4. The van der Waals surface area contributed by atoms with Crippen LogP contribution in [-0.4, -0.2) is 79.3 Å². The van der Waals surface area contributed by atoms with Crippen molar-refractivity contribution in [3.05, 3.63) is 0 Å². The standard InChI is InChI=1S/C25H48O16P4/c1-21(2)9-30-42(26,31-10-21)38-17-25(18-39-43(27)32-11-22(3,4)12-33-43,19-40-44(28)34-13-23(5,6)14-35-44)20-41-45(29)36-15-24(7,8)16-37-45/h9-20H2,1-8H3. The van der Waals surface area contributed by atoms with Crippen LogP contribution in [0, 0.1) is 27.1 Å². The first kappa shape index (κ1) is 38.2. The molecule has 4 saturated heterocycles. The van der Waals surface area contributed by atoms with Crippen LogP contribution in [0.3, 0.4) is 0 Å². The maximum Gasteiger partial charge on any atom is 0.474 e. The molecular weight excluding hydrogens is 680 g/mol. The summed E-state index contributed by atoms with van der Waals surface area (Å²) in [6.45, 7) is 13.2. The number of phosphoric ester groups is 4. The van der Waals surface area contributed by atoms with Gasteiger partial charge in [-0.2, -0.15) is 0 Å². The molecule has 0 radical (unpaired) electrons. The van der Waals surface area contributed by atoms with E-state index >= 15 is 0 Å². The average molecular weight is 729 g/mol. The normalized spacial score (nSPS) is 29.5. The Morgan fingerprint density at radius 3 is 0.711 bits per heavy atom. The molecule has 0 aliphatic carbocycles. The molecule has 0 spiro atoms. The third-order valence-electron chi connectivity index (χ3n) is 7.02. The molecule has 0 unspecified atom stereocenters. The van der Waals surface area contributed by atoms with Crippen LogP contribution in [-0.2, 0) is 72.5 Å². The number of hydrogen-bond acceptors (Lipinski definition) is 16. The molecule has 0 atom stereocenters. The molecular formula is C25H48O16P4. The lowest BCUT2D eigenvalue weighted by molar-refractivity contribution is -0.0755. The topological polar surface area (TPSA) is 179 Å². The summed E-state index contributed by atoms with van der Waals surface area (Å²) in [5.74, 6) is 0. The molecule has 0 N–H and O–H groups in total. The van der Waals surface area contributed by atoms with Crippen molar-refractivity contribution in [1.82, 2.24) is 0 Å². The molecule has 0 aromatic carbocycles. The highest BCUT2D eigenvalue weighted by atomic mass is 31.2. The number of hydrogen-bond donors (Lipinski definition) is 0. The van der Waals surface area contributed by atoms with Gasteiger partial charge in [-0.1, -0.05) is 55.4 Å². The lowest BCUT2D eigenvalue weighted by Gasteiger charge is -2.40. The summed E-state index contributed by atoms with van der Waals surface area (Å²) in [6.07, 6.45) is 0. The van der Waals surface area contributed by atoms with Crippen LogP contribution in [0.1, 0.15) is 55.4 Å². The van der Waals surface area contributed by atoms with E-state index in [1.807, 2.05) is 55.4 Å². The van der Waals surface area contributed by atoms with E-state index in [4.69, 9.17) is 54.3 Å². The van der Waals surface area contributed by atoms with E-state index in [0.717, 1.165) is 0 Å². The Kier molecular flexibility index (Phi) is 11.6. The van der Waals surface area contributed by atoms with Crippen LogP contribution < -0.4 is 0 Å². The molecule has 20 heteroatoms. The van der Waals surface area contributed by atoms with Crippen LogP contribution in [0.4, 0.5) is 0 Å². The van der Waals surface area contributed by atoms with Crippen LogP contribution in [0.15, 0.2) is 0 Å². The SMILES string of the molecule is CC1(C)COP(=O)(OCC(COP2(=O)OCC(C)(C)CO2)(COP2(=O)OCC(C)(C)CO2)COP2(=O)OCC(C)(C)CO2)OC1. The Balaban J connectivity index is 1.58. The van der Waals surface area contributed by atoms with Crippen molar-refractivity contribution in [3.63, 3.8) is 0 Å². The highest BCUT2D eigenvalue weighted by molar-refractivity contribution is 7.49. The minimum Gasteiger partial charge on any atom is -0.286 e. The average Bonchev–Trinajstić information content (AvgIpc) is 2.96. The summed E-state index contributed by atoms with van der Waals surface area (Å²) in [5, 5.41) is 0. The highest BCUT2D eigenvalue weighted by Crippen LogP contribution is 2.61. The zero-order chi connectivity index (χ0) is 33.5. The van der Waals surface area contributed by atoms with Gasteiger partial charge in [0.15, 0.2) is 0 Å². The van der Waals surface area contributed by atoms with Gasteiger partial charge in [0.05, 0.1) is 84.7 Å². The predicted molar refractivity (Wildman–Crippen MR) is 159 cm³/mol. The van der Waals surface area contributed by atoms with E-state index < -0.39 is 84.8 Å². The van der Waals surface area contributed by atoms with Crippen molar-refractivity contribution in [3.8, 4) is 0 Å². The van der Waals surface area contributed by atoms with Crippen LogP contribution >= 0.6 is 31.3 Å². The van der Waals surface area contributed by atoms with Gasteiger partial charge in [-0.25, -0.2) is 18.3 Å². The first-order valence-electron chi connectivity index (χ1n) is 14.6. The largest absolute Gasteiger partial charge is 0.474 e. The second kappa shape index (κ2) is 13.6. The van der Waals surface area contributed by atoms with Crippen molar-refractivity contribution in [2.24, 2.45) is 27.1 Å². The van der Waals surface area contributed by atoms with Gasteiger partial charge in [-0.15, -0.1) is 0 Å². The van der Waals surface area contributed by atoms with E-state index in [9.17, 15) is 18.3 Å². The third-order valence-corrected chi connectivity index (χ3v) is 12.4. The molecule has 264 valence electrons. The Hall–Kier alpha value is 0.440. The molecule has 45 heavy (non-hydrogen) atoms. The van der Waals surface area contributed by atoms with Crippen LogP contribution in [0.25, 0.3) is 0 Å². The van der Waals surface area contributed by atoms with E-state index in [1.54, 1.807) is 0 Å². The van der Waals surface area contributed by atoms with Crippen LogP contribution in [0.2, 0.25) is 0 Å². The quantitative estimate of drug-likeness (QED) is 0.192. The second-order valence-electron chi connectivity index (χ2n) is 15.2. The van der Waals surface area contributed by atoms with Gasteiger partial charge < -0.3 is 0 Å². The van der Waals surface area contributed by atoms with Gasteiger partial charge >= 0.3 is 31.3 Å². The van der Waals surface area contributed by atoms with Gasteiger partial charge in [-0.3, -0.25) is 54.3 Å². The fourth-order valence-corrected chi connectivity index (χ4v) is 10.4. The molecule has 4 fully saturated rings. The minimum atomic E-state index is -4.12. The summed E-state index contributed by atoms with van der Waals surface area (Å²) in [6, 6.07) is 0. The van der Waals surface area contributed by atoms with Crippen molar-refractivity contribution in [1.29, 1.82) is 0 Å². The predicted octanol–water partition coefficient (Wildman–Crippen LogP) is 6.76. The van der Waals surface area contributed by atoms with Gasteiger partial charge in [0, 0.05) is 21.7 Å². The van der Waals surface area contributed by atoms with Gasteiger partial charge in [0.1, 0.15) is 0 Å². The fraction of sp³-hybridized carbons (Fsp3) is 1.00. The Morgan fingerprint density at radius 2 is 0.556 bits per heavy atom. The summed E-state index contributed by atoms with van der Waals surface area (Å²) < 4.78 is 120. The lowest BCUT2D eigenvalue weighted by atomic mass is 9.93. The molecule has 4 aliphatic rings. The maximum atomic E-state index is 13.4. The van der Waals surface area contributed by atoms with Crippen LogP contribution in [0.5, 0.6) is 0 Å². The van der Waals surface area contributed by atoms with Crippen molar-refractivity contribution in [2.45, 2.75) is 55.4 Å². The maximum absolute atomic E-state index is 13.4. The van der Waals surface area contributed by atoms with Crippen molar-refractivity contribution >= 4 is 31.3 Å². The van der Waals surface area contributed by atoms with E-state index in [-0.39, 0.29) is 52.9 Å². The zero-order valence-corrected chi connectivity index (χ0v) is 30.9. The molecule has 0 aromatic heterocycles. The second-order valence-corrected chi connectivity index (χ2v) is 21.9. The Bertz CT molecular complexity index is 1000. The Morgan fingerprint density at radius 1 is 0.400 bits per heavy atom. The van der Waals surface area contributed by atoms with Gasteiger partial charge in [0.2, 0.25) is 0 Å². The molecule has 0 amide bonds. The molecule has 4 rings (SSSR count). The van der Waals surface area contributed by atoms with E-state index in [1.165, 1.54) is 0 Å². The first-order chi connectivity index (χ1) is 20.5. The molecule has 16 nitrogen and oxygen atoms in total. The Labute approximate surface area is 265 Å². The molecule has 4 aliphatic heterocycles. The van der Waals surface area contributed by atoms with E-state index in [0.29, 0.717) is 0 Å². The zero-order valence-electron chi connectivity index (χ0n) is 27.3. The molecule has 0 aromatic rings. The summed E-state index contributed by atoms with van der Waals surface area (Å²) in [5.41, 5.74) is -3.35. The van der Waals surface area contributed by atoms with Gasteiger partial charge in [-0.05, 0) is 0 Å². The number of rotatable bonds is 12. The monoisotopic (exact) mass is 728 g/mol. The minimum absolute atomic E-state index is 0.0762. The van der Waals surface area contributed by atoms with Crippen molar-refractivity contribution in [2.75, 3.05) is 79.3 Å². The first-order valence-corrected chi connectivity index (χ1v) is 20.5. The van der Waals surface area contributed by atoms with Crippen molar-refractivity contribution < 1.29 is 72.5 Å². The summed E-state index contributed by atoms with van der Waals surface area (Å²) >= 11 is 0. The molecule has 4 heterocycles. The van der Waals surface area contributed by atoms with Gasteiger partial charge in [0.25, 0.3) is 0 Å². The summed E-state index contributed by atoms with van der Waals surface area (Å²) in [7, 11) is -16.5. The molecule has 0 bridgehead atoms. The summed E-state index contributed by atoms with van der Waals surface area (Å²) in [4.78, 5) is 0. The highest BCUT2D eigenvalue weighted by Gasteiger charge is 2.49. The third kappa shape index (κ3) is 11.2. The smallest absolute Gasteiger partial charge is 0.286 e. The van der Waals surface area contributed by atoms with E-state index in [2.05, 4.69) is 0 Å². The molecule has 0 saturated carbocycles. The fourth-order valence-electron chi connectivity index (χ4n) is 3.76.